The number of hydrogen-bond acceptors (Lipinski definition) is 5. The molecule has 0 aromatic carbocycles. The summed E-state index contributed by atoms with van der Waals surface area (Å²) in [7, 11) is 0. The Bertz CT molecular complexity index is 1030. The topological polar surface area (TPSA) is 120 Å². The molecular formula is C21H27N7O2. The van der Waals surface area contributed by atoms with Gasteiger partial charge in [0.25, 0.3) is 0 Å². The van der Waals surface area contributed by atoms with Crippen molar-refractivity contribution in [3.05, 3.63) is 42.1 Å². The lowest BCUT2D eigenvalue weighted by molar-refractivity contribution is -0.143. The number of H-pyrrole nitrogens is 2. The third-order valence-electron chi connectivity index (χ3n) is 4.66. The number of anilines is 1. The van der Waals surface area contributed by atoms with Crippen LogP contribution in [0.5, 0.6) is 0 Å². The molecule has 4 rings (SSSR count). The van der Waals surface area contributed by atoms with Crippen LogP contribution in [0, 0.1) is 5.92 Å². The van der Waals surface area contributed by atoms with Crippen LogP contribution >= 0.6 is 0 Å². The van der Waals surface area contributed by atoms with Crippen molar-refractivity contribution < 1.29 is 9.59 Å². The van der Waals surface area contributed by atoms with Crippen LogP contribution in [0.15, 0.2) is 30.9 Å². The van der Waals surface area contributed by atoms with Gasteiger partial charge < -0.3 is 10.2 Å². The number of aromatic amines is 2. The van der Waals surface area contributed by atoms with E-state index in [-0.39, 0.29) is 0 Å². The van der Waals surface area contributed by atoms with Gasteiger partial charge in [-0.1, -0.05) is 26.0 Å². The Labute approximate surface area is 175 Å². The van der Waals surface area contributed by atoms with Crippen LogP contribution in [0.2, 0.25) is 0 Å². The van der Waals surface area contributed by atoms with E-state index >= 15 is 0 Å². The van der Waals surface area contributed by atoms with Crippen molar-refractivity contribution in [3.63, 3.8) is 0 Å². The summed E-state index contributed by atoms with van der Waals surface area (Å²) in [4.78, 5) is 29.8. The predicted octanol–water partition coefficient (Wildman–Crippen LogP) is 2.77. The molecule has 0 spiro atoms. The number of nitrogens with zero attached hydrogens (tertiary/aromatic N) is 4. The van der Waals surface area contributed by atoms with Gasteiger partial charge in [0.05, 0.1) is 29.8 Å². The second-order valence-electron chi connectivity index (χ2n) is 7.46. The number of carbonyl (C=O) groups excluding carboxylic acids is 2. The van der Waals surface area contributed by atoms with Gasteiger partial charge in [-0.15, -0.1) is 0 Å². The molecule has 9 heteroatoms. The zero-order valence-corrected chi connectivity index (χ0v) is 17.5. The molecule has 158 valence electrons. The maximum atomic E-state index is 12.2. The van der Waals surface area contributed by atoms with Gasteiger partial charge >= 0.3 is 11.8 Å². The summed E-state index contributed by atoms with van der Waals surface area (Å²) in [6.07, 6.45) is 13.2. The van der Waals surface area contributed by atoms with Gasteiger partial charge in [0, 0.05) is 35.9 Å². The van der Waals surface area contributed by atoms with Gasteiger partial charge in [-0.25, -0.2) is 0 Å². The fourth-order valence-corrected chi connectivity index (χ4v) is 3.18. The monoisotopic (exact) mass is 409 g/mol. The predicted molar refractivity (Wildman–Crippen MR) is 116 cm³/mol. The van der Waals surface area contributed by atoms with Gasteiger partial charge in [0.15, 0.2) is 0 Å². The molecule has 30 heavy (non-hydrogen) atoms. The number of aromatic nitrogens is 5. The molecule has 3 aromatic rings. The van der Waals surface area contributed by atoms with Crippen LogP contribution in [0.25, 0.3) is 17.0 Å². The van der Waals surface area contributed by atoms with Crippen molar-refractivity contribution >= 4 is 34.5 Å². The summed E-state index contributed by atoms with van der Waals surface area (Å²) in [5.74, 6) is -0.900. The summed E-state index contributed by atoms with van der Waals surface area (Å²) in [6, 6.07) is 0. The van der Waals surface area contributed by atoms with E-state index in [4.69, 9.17) is 0 Å². The smallest absolute Gasteiger partial charge is 0.314 e. The lowest BCUT2D eigenvalue weighted by Crippen LogP contribution is -2.41. The minimum atomic E-state index is -0.665. The van der Waals surface area contributed by atoms with Crippen molar-refractivity contribution in [2.45, 2.75) is 33.6 Å². The van der Waals surface area contributed by atoms with Crippen molar-refractivity contribution in [2.24, 2.45) is 5.92 Å². The van der Waals surface area contributed by atoms with E-state index in [1.54, 1.807) is 12.4 Å². The maximum Gasteiger partial charge on any atom is 0.314 e. The highest BCUT2D eigenvalue weighted by atomic mass is 16.2. The molecule has 0 bridgehead atoms. The van der Waals surface area contributed by atoms with Gasteiger partial charge in [-0.3, -0.25) is 24.8 Å². The van der Waals surface area contributed by atoms with E-state index in [1.165, 1.54) is 22.4 Å². The summed E-state index contributed by atoms with van der Waals surface area (Å²) >= 11 is 0. The molecule has 0 saturated carbocycles. The normalized spacial score (nSPS) is 12.3. The molecule has 9 nitrogen and oxygen atoms in total. The second-order valence-corrected chi connectivity index (χ2v) is 7.46. The Morgan fingerprint density at radius 3 is 2.70 bits per heavy atom. The molecular weight excluding hydrogens is 382 g/mol. The molecule has 0 atom stereocenters. The fraction of sp³-hybridized carbons (Fsp3) is 0.381. The number of allylic oxidation sites excluding steroid dienone is 1. The number of carbonyl (C=O) groups is 2. The molecule has 0 unspecified atom stereocenters. The molecule has 3 aromatic heterocycles. The van der Waals surface area contributed by atoms with Crippen LogP contribution in [-0.4, -0.2) is 55.2 Å². The first kappa shape index (κ1) is 21.2. The number of pyridine rings is 1. The van der Waals surface area contributed by atoms with Gasteiger partial charge in [0.1, 0.15) is 0 Å². The van der Waals surface area contributed by atoms with Crippen molar-refractivity contribution in [3.8, 4) is 0 Å². The van der Waals surface area contributed by atoms with E-state index in [1.807, 2.05) is 27.0 Å². The molecule has 2 amide bonds. The Balaban J connectivity index is 0.000000234. The highest BCUT2D eigenvalue weighted by Gasteiger charge is 2.22. The second kappa shape index (κ2) is 9.82. The summed E-state index contributed by atoms with van der Waals surface area (Å²) < 4.78 is 0. The molecule has 0 radical (unpaired) electrons. The van der Waals surface area contributed by atoms with Gasteiger partial charge in [-0.2, -0.15) is 10.2 Å². The Kier molecular flexibility index (Phi) is 6.95. The number of amides is 2. The van der Waals surface area contributed by atoms with Gasteiger partial charge in [0.2, 0.25) is 0 Å². The average Bonchev–Trinajstić information content (AvgIpc) is 3.41. The molecule has 0 saturated heterocycles. The summed E-state index contributed by atoms with van der Waals surface area (Å²) in [6.45, 7) is 6.91. The number of nitrogens with one attached hydrogen (secondary N) is 3. The van der Waals surface area contributed by atoms with Crippen molar-refractivity contribution in [1.29, 1.82) is 0 Å². The Morgan fingerprint density at radius 1 is 1.17 bits per heavy atom. The molecule has 0 aliphatic heterocycles. The number of fused-ring (bicyclic) bond motifs is 2. The SMILES string of the molecule is C1=Cc2cn[nH]c2CC1.CCN(CC(C)C)C(=O)C(=O)Nc1cncc2cn[nH]c12. The maximum absolute atomic E-state index is 12.2. The highest BCUT2D eigenvalue weighted by Crippen LogP contribution is 2.19. The zero-order chi connectivity index (χ0) is 21.5. The highest BCUT2D eigenvalue weighted by molar-refractivity contribution is 6.40. The Morgan fingerprint density at radius 2 is 1.97 bits per heavy atom. The van der Waals surface area contributed by atoms with Gasteiger partial charge in [-0.05, 0) is 25.7 Å². The Hall–Kier alpha value is -3.49. The van der Waals surface area contributed by atoms with E-state index in [0.717, 1.165) is 18.2 Å². The number of aryl methyl sites for hydroxylation is 1. The molecule has 0 fully saturated rings. The van der Waals surface area contributed by atoms with E-state index < -0.39 is 11.8 Å². The zero-order valence-electron chi connectivity index (χ0n) is 17.5. The molecule has 1 aliphatic carbocycles. The summed E-state index contributed by atoms with van der Waals surface area (Å²) in [5.41, 5.74) is 3.63. The van der Waals surface area contributed by atoms with E-state index in [9.17, 15) is 9.59 Å². The quantitative estimate of drug-likeness (QED) is 0.572. The number of likely N-dealkylation sites (N-methyl/N-ethyl adjacent to an activating group) is 1. The van der Waals surface area contributed by atoms with Crippen molar-refractivity contribution in [2.75, 3.05) is 18.4 Å². The van der Waals surface area contributed by atoms with Crippen LogP contribution in [0.3, 0.4) is 0 Å². The average molecular weight is 409 g/mol. The third kappa shape index (κ3) is 5.11. The fourth-order valence-electron chi connectivity index (χ4n) is 3.18. The molecule has 1 aliphatic rings. The van der Waals surface area contributed by atoms with Crippen LogP contribution < -0.4 is 5.32 Å². The standard InChI is InChI=1S/C14H19N5O2.C7H8N2/c1-4-19(8-9(2)3)14(21)13(20)17-11-7-15-5-10-6-16-18-12(10)11;1-2-4-7-6(3-1)5-8-9-7/h5-7,9H,4,8H2,1-3H3,(H,16,18)(H,17,20);1,3,5H,2,4H2,(H,8,9). The molecule has 3 N–H and O–H groups in total. The van der Waals surface area contributed by atoms with Crippen LogP contribution in [0.1, 0.15) is 38.4 Å². The first-order valence-corrected chi connectivity index (χ1v) is 10.1. The van der Waals surface area contributed by atoms with Crippen LogP contribution in [0.4, 0.5) is 5.69 Å². The van der Waals surface area contributed by atoms with Crippen molar-refractivity contribution in [1.82, 2.24) is 30.3 Å². The van der Waals surface area contributed by atoms with E-state index in [0.29, 0.717) is 30.2 Å². The number of rotatable bonds is 4. The first-order valence-electron chi connectivity index (χ1n) is 10.1. The number of hydrogen-bond donors (Lipinski definition) is 3. The first-order chi connectivity index (χ1) is 14.5. The minimum absolute atomic E-state index is 0.305. The lowest BCUT2D eigenvalue weighted by Gasteiger charge is -2.22. The lowest BCUT2D eigenvalue weighted by atomic mass is 10.1. The minimum Gasteiger partial charge on any atom is -0.334 e. The molecule has 3 heterocycles. The largest absolute Gasteiger partial charge is 0.334 e. The van der Waals surface area contributed by atoms with Crippen LogP contribution in [-0.2, 0) is 16.0 Å². The van der Waals surface area contributed by atoms with E-state index in [2.05, 4.69) is 42.8 Å². The summed E-state index contributed by atoms with van der Waals surface area (Å²) in [5, 5.41) is 16.9. The third-order valence-corrected chi connectivity index (χ3v) is 4.66.